The molecule has 1 aliphatic heterocycles. The molecular weight excluding hydrogens is 341 g/mol. The summed E-state index contributed by atoms with van der Waals surface area (Å²) in [6.07, 6.45) is 0. The molecule has 3 aromatic rings. The summed E-state index contributed by atoms with van der Waals surface area (Å²) < 4.78 is 14.0. The number of H-pyrrole nitrogens is 1. The summed E-state index contributed by atoms with van der Waals surface area (Å²) in [5, 5.41) is 11.9. The maximum Gasteiger partial charge on any atom is 0.272 e. The van der Waals surface area contributed by atoms with Gasteiger partial charge in [0.15, 0.2) is 0 Å². The fourth-order valence-corrected chi connectivity index (χ4v) is 3.93. The molecule has 0 amide bonds. The highest BCUT2D eigenvalue weighted by Gasteiger charge is 2.36. The Morgan fingerprint density at radius 2 is 2.00 bits per heavy atom. The van der Waals surface area contributed by atoms with Gasteiger partial charge >= 0.3 is 0 Å². The van der Waals surface area contributed by atoms with E-state index in [-0.39, 0.29) is 17.9 Å². The second-order valence-electron chi connectivity index (χ2n) is 6.73. The molecule has 128 valence electrons. The van der Waals surface area contributed by atoms with Gasteiger partial charge in [0.25, 0.3) is 5.56 Å². The van der Waals surface area contributed by atoms with Gasteiger partial charge in [-0.15, -0.1) is 0 Å². The Morgan fingerprint density at radius 1 is 1.24 bits per heavy atom. The van der Waals surface area contributed by atoms with E-state index in [1.54, 1.807) is 0 Å². The van der Waals surface area contributed by atoms with Crippen LogP contribution in [0.5, 0.6) is 0 Å². The Balaban J connectivity index is 2.07. The largest absolute Gasteiger partial charge is 0.380 e. The van der Waals surface area contributed by atoms with Crippen molar-refractivity contribution in [2.75, 3.05) is 5.32 Å². The van der Waals surface area contributed by atoms with E-state index in [0.717, 1.165) is 11.3 Å². The van der Waals surface area contributed by atoms with Gasteiger partial charge in [-0.1, -0.05) is 43.6 Å². The predicted molar refractivity (Wildman–Crippen MR) is 97.9 cm³/mol. The van der Waals surface area contributed by atoms with E-state index < -0.39 is 11.4 Å². The SMILES string of the molecule is CC(C)[C@H]1Nc2cc(F)cc3c(=O)[nH]nc(c23)[C@@H]1c1ccccc1Cl. The minimum Gasteiger partial charge on any atom is -0.380 e. The van der Waals surface area contributed by atoms with Gasteiger partial charge in [-0.25, -0.2) is 9.49 Å². The van der Waals surface area contributed by atoms with E-state index in [4.69, 9.17) is 11.6 Å². The molecule has 2 N–H and O–H groups in total. The van der Waals surface area contributed by atoms with Crippen LogP contribution in [0.15, 0.2) is 41.2 Å². The Bertz CT molecular complexity index is 1030. The van der Waals surface area contributed by atoms with Crippen molar-refractivity contribution in [3.05, 3.63) is 68.8 Å². The van der Waals surface area contributed by atoms with Crippen LogP contribution in [0.25, 0.3) is 10.8 Å². The number of hydrogen-bond acceptors (Lipinski definition) is 3. The molecule has 1 aromatic heterocycles. The van der Waals surface area contributed by atoms with Crippen molar-refractivity contribution in [3.8, 4) is 0 Å². The average Bonchev–Trinajstić information content (AvgIpc) is 2.57. The first kappa shape index (κ1) is 16.1. The minimum atomic E-state index is -0.448. The molecule has 0 spiro atoms. The second kappa shape index (κ2) is 5.85. The Hall–Kier alpha value is -2.40. The Kier molecular flexibility index (Phi) is 3.76. The first-order valence-corrected chi connectivity index (χ1v) is 8.58. The highest BCUT2D eigenvalue weighted by atomic mass is 35.5. The van der Waals surface area contributed by atoms with E-state index in [2.05, 4.69) is 29.4 Å². The number of nitrogens with one attached hydrogen (secondary N) is 2. The van der Waals surface area contributed by atoms with Gasteiger partial charge in [-0.3, -0.25) is 4.79 Å². The quantitative estimate of drug-likeness (QED) is 0.719. The van der Waals surface area contributed by atoms with Crippen LogP contribution >= 0.6 is 11.6 Å². The molecule has 0 radical (unpaired) electrons. The summed E-state index contributed by atoms with van der Waals surface area (Å²) >= 11 is 6.46. The Morgan fingerprint density at radius 3 is 2.72 bits per heavy atom. The molecule has 2 aromatic carbocycles. The first-order valence-electron chi connectivity index (χ1n) is 8.20. The number of rotatable bonds is 2. The zero-order valence-electron chi connectivity index (χ0n) is 13.8. The molecule has 4 rings (SSSR count). The minimum absolute atomic E-state index is 0.0317. The maximum atomic E-state index is 14.0. The predicted octanol–water partition coefficient (Wildman–Crippen LogP) is 4.30. The number of halogens is 2. The highest BCUT2D eigenvalue weighted by molar-refractivity contribution is 6.31. The van der Waals surface area contributed by atoms with Gasteiger partial charge in [-0.2, -0.15) is 5.10 Å². The second-order valence-corrected chi connectivity index (χ2v) is 7.13. The van der Waals surface area contributed by atoms with E-state index in [9.17, 15) is 9.18 Å². The number of aromatic nitrogens is 2. The van der Waals surface area contributed by atoms with Crippen molar-refractivity contribution >= 4 is 28.1 Å². The number of hydrogen-bond donors (Lipinski definition) is 2. The van der Waals surface area contributed by atoms with Crippen molar-refractivity contribution in [2.24, 2.45) is 5.92 Å². The zero-order valence-corrected chi connectivity index (χ0v) is 14.6. The first-order chi connectivity index (χ1) is 12.0. The highest BCUT2D eigenvalue weighted by Crippen LogP contribution is 2.43. The van der Waals surface area contributed by atoms with Crippen LogP contribution in [0.2, 0.25) is 5.02 Å². The monoisotopic (exact) mass is 357 g/mol. The molecule has 2 atom stereocenters. The molecule has 0 bridgehead atoms. The van der Waals surface area contributed by atoms with Gasteiger partial charge in [0.1, 0.15) is 5.82 Å². The number of benzene rings is 2. The van der Waals surface area contributed by atoms with Crippen molar-refractivity contribution in [2.45, 2.75) is 25.8 Å². The van der Waals surface area contributed by atoms with Crippen LogP contribution in [-0.2, 0) is 0 Å². The summed E-state index contributed by atoms with van der Waals surface area (Å²) in [5.74, 6) is -0.358. The number of aromatic amines is 1. The summed E-state index contributed by atoms with van der Waals surface area (Å²) in [6, 6.07) is 10.3. The van der Waals surface area contributed by atoms with Gasteiger partial charge in [0.05, 0.1) is 17.0 Å². The lowest BCUT2D eigenvalue weighted by molar-refractivity contribution is 0.468. The van der Waals surface area contributed by atoms with Crippen LogP contribution in [0.4, 0.5) is 10.1 Å². The van der Waals surface area contributed by atoms with E-state index in [1.807, 2.05) is 24.3 Å². The van der Waals surface area contributed by atoms with Crippen LogP contribution in [0.1, 0.15) is 31.0 Å². The van der Waals surface area contributed by atoms with Gasteiger partial charge in [0, 0.05) is 22.1 Å². The summed E-state index contributed by atoms with van der Waals surface area (Å²) in [6.45, 7) is 4.18. The molecule has 0 fully saturated rings. The smallest absolute Gasteiger partial charge is 0.272 e. The standard InChI is InChI=1S/C19H17ClFN3O/c1-9(2)17-16(11-5-3-4-6-13(11)20)18-15-12(19(25)24-23-18)7-10(21)8-14(15)22-17/h3-9,16-17,22H,1-2H3,(H,24,25)/t16-,17-/m1/s1. The van der Waals surface area contributed by atoms with E-state index in [1.165, 1.54) is 12.1 Å². The molecule has 1 aliphatic rings. The topological polar surface area (TPSA) is 57.8 Å². The van der Waals surface area contributed by atoms with Crippen molar-refractivity contribution in [1.29, 1.82) is 0 Å². The van der Waals surface area contributed by atoms with E-state index in [0.29, 0.717) is 21.5 Å². The lowest BCUT2D eigenvalue weighted by Gasteiger charge is -2.37. The molecule has 2 heterocycles. The Labute approximate surface area is 149 Å². The van der Waals surface area contributed by atoms with Crippen LogP contribution < -0.4 is 10.9 Å². The molecule has 4 nitrogen and oxygen atoms in total. The van der Waals surface area contributed by atoms with Gasteiger partial charge < -0.3 is 5.32 Å². The maximum absolute atomic E-state index is 14.0. The molecule has 25 heavy (non-hydrogen) atoms. The molecule has 0 unspecified atom stereocenters. The number of anilines is 1. The third-order valence-corrected chi connectivity index (χ3v) is 5.16. The molecular formula is C19H17ClFN3O. The number of nitrogens with zero attached hydrogens (tertiary/aromatic N) is 1. The molecule has 6 heteroatoms. The fourth-order valence-electron chi connectivity index (χ4n) is 3.68. The molecule has 0 saturated heterocycles. The van der Waals surface area contributed by atoms with Crippen molar-refractivity contribution in [1.82, 2.24) is 10.2 Å². The lowest BCUT2D eigenvalue weighted by Crippen LogP contribution is -2.38. The molecule has 0 saturated carbocycles. The molecule has 0 aliphatic carbocycles. The third kappa shape index (κ3) is 2.50. The summed E-state index contributed by atoms with van der Waals surface area (Å²) in [7, 11) is 0. The fraction of sp³-hybridized carbons (Fsp3) is 0.263. The van der Waals surface area contributed by atoms with Crippen molar-refractivity contribution < 1.29 is 4.39 Å². The summed E-state index contributed by atoms with van der Waals surface area (Å²) in [4.78, 5) is 12.2. The summed E-state index contributed by atoms with van der Waals surface area (Å²) in [5.41, 5.74) is 1.86. The van der Waals surface area contributed by atoms with Crippen LogP contribution in [0.3, 0.4) is 0 Å². The average molecular weight is 358 g/mol. The van der Waals surface area contributed by atoms with E-state index >= 15 is 0 Å². The van der Waals surface area contributed by atoms with Crippen LogP contribution in [0, 0.1) is 11.7 Å². The van der Waals surface area contributed by atoms with Crippen LogP contribution in [-0.4, -0.2) is 16.2 Å². The zero-order chi connectivity index (χ0) is 17.7. The third-order valence-electron chi connectivity index (χ3n) is 4.82. The van der Waals surface area contributed by atoms with Crippen molar-refractivity contribution in [3.63, 3.8) is 0 Å². The van der Waals surface area contributed by atoms with Gasteiger partial charge in [-0.05, 0) is 29.7 Å². The lowest BCUT2D eigenvalue weighted by atomic mass is 9.78. The van der Waals surface area contributed by atoms with Gasteiger partial charge in [0.2, 0.25) is 0 Å². The normalized spacial score (nSPS) is 19.2.